The molecule has 0 aromatic heterocycles. The first-order valence-electron chi connectivity index (χ1n) is 6.45. The molecule has 6 nitrogen and oxygen atoms in total. The zero-order valence-electron chi connectivity index (χ0n) is 10.7. The number of fused-ring (bicyclic) bond motifs is 1. The highest BCUT2D eigenvalue weighted by Crippen LogP contribution is 2.37. The van der Waals surface area contributed by atoms with Crippen LogP contribution in [0.3, 0.4) is 0 Å². The van der Waals surface area contributed by atoms with Gasteiger partial charge >= 0.3 is 5.97 Å². The Hall–Kier alpha value is -1.60. The summed E-state index contributed by atoms with van der Waals surface area (Å²) in [5.74, 6) is -0.430. The van der Waals surface area contributed by atoms with Gasteiger partial charge in [0.15, 0.2) is 0 Å². The number of ether oxygens (including phenoxy) is 2. The van der Waals surface area contributed by atoms with Crippen LogP contribution in [-0.2, 0) is 19.6 Å². The van der Waals surface area contributed by atoms with Crippen molar-refractivity contribution in [1.29, 1.82) is 0 Å². The molecule has 1 heterocycles. The lowest BCUT2D eigenvalue weighted by Gasteiger charge is -2.26. The van der Waals surface area contributed by atoms with Crippen molar-refractivity contribution < 1.29 is 22.7 Å². The van der Waals surface area contributed by atoms with E-state index in [1.54, 1.807) is 0 Å². The summed E-state index contributed by atoms with van der Waals surface area (Å²) in [5, 5.41) is 5.10. The second-order valence-electron chi connectivity index (χ2n) is 5.10. The van der Waals surface area contributed by atoms with Gasteiger partial charge in [-0.2, -0.15) is 0 Å². The van der Waals surface area contributed by atoms with E-state index in [9.17, 15) is 13.2 Å². The third-order valence-electron chi connectivity index (χ3n) is 3.71. The Morgan fingerprint density at radius 1 is 1.35 bits per heavy atom. The first kappa shape index (κ1) is 13.4. The molecule has 3 rings (SSSR count). The number of benzene rings is 1. The van der Waals surface area contributed by atoms with Crippen molar-refractivity contribution >= 4 is 16.0 Å². The molecule has 2 aliphatic rings. The van der Waals surface area contributed by atoms with Gasteiger partial charge in [0, 0.05) is 5.56 Å². The molecule has 1 aliphatic carbocycles. The largest absolute Gasteiger partial charge is 0.492 e. The fourth-order valence-corrected chi connectivity index (χ4v) is 2.85. The first-order chi connectivity index (χ1) is 9.45. The molecule has 1 saturated carbocycles. The molecule has 0 spiro atoms. The van der Waals surface area contributed by atoms with Crippen LogP contribution in [0.1, 0.15) is 30.7 Å². The van der Waals surface area contributed by atoms with Crippen LogP contribution >= 0.6 is 0 Å². The van der Waals surface area contributed by atoms with E-state index in [2.05, 4.69) is 0 Å². The molecule has 1 aromatic carbocycles. The van der Waals surface area contributed by atoms with Crippen molar-refractivity contribution in [3.05, 3.63) is 23.8 Å². The second-order valence-corrected chi connectivity index (χ2v) is 6.66. The van der Waals surface area contributed by atoms with Crippen LogP contribution < -0.4 is 9.88 Å². The molecule has 0 amide bonds. The Balaban J connectivity index is 1.86. The number of carbonyl (C=O) groups excluding carboxylic acids is 1. The lowest BCUT2D eigenvalue weighted by Crippen LogP contribution is -2.28. The average molecular weight is 297 g/mol. The summed E-state index contributed by atoms with van der Waals surface area (Å²) in [4.78, 5) is 12.1. The first-order valence-corrected chi connectivity index (χ1v) is 8.00. The van der Waals surface area contributed by atoms with Gasteiger partial charge in [-0.25, -0.2) is 13.6 Å². The highest BCUT2D eigenvalue weighted by atomic mass is 32.2. The number of nitrogens with two attached hydrogens (primary N) is 1. The van der Waals surface area contributed by atoms with Crippen molar-refractivity contribution in [3.8, 4) is 5.75 Å². The van der Waals surface area contributed by atoms with Crippen LogP contribution in [0.25, 0.3) is 0 Å². The number of sulfonamides is 1. The molecule has 1 aromatic rings. The number of primary sulfonamides is 1. The molecular weight excluding hydrogens is 282 g/mol. The molecule has 0 bridgehead atoms. The summed E-state index contributed by atoms with van der Waals surface area (Å²) in [7, 11) is -3.80. The fourth-order valence-electron chi connectivity index (χ4n) is 2.30. The smallest absolute Gasteiger partial charge is 0.317 e. The predicted octanol–water partition coefficient (Wildman–Crippen LogP) is 0.906. The molecule has 1 unspecified atom stereocenters. The van der Waals surface area contributed by atoms with E-state index < -0.39 is 15.9 Å². The van der Waals surface area contributed by atoms with Gasteiger partial charge in [-0.05, 0) is 37.5 Å². The van der Waals surface area contributed by atoms with Crippen molar-refractivity contribution in [2.45, 2.75) is 36.2 Å². The Kier molecular flexibility index (Phi) is 3.18. The summed E-state index contributed by atoms with van der Waals surface area (Å²) in [6, 6.07) is 4.28. The van der Waals surface area contributed by atoms with E-state index in [-0.39, 0.29) is 23.6 Å². The molecule has 0 radical (unpaired) electrons. The SMILES string of the molecule is NS(=O)(=O)c1ccc2c(c1)C(C(=O)OC1CCC1)CO2. The molecule has 0 saturated heterocycles. The van der Waals surface area contributed by atoms with Crippen LogP contribution in [0, 0.1) is 0 Å². The molecule has 108 valence electrons. The van der Waals surface area contributed by atoms with E-state index in [0.717, 1.165) is 19.3 Å². The molecule has 20 heavy (non-hydrogen) atoms. The number of esters is 1. The zero-order chi connectivity index (χ0) is 14.3. The number of hydrogen-bond donors (Lipinski definition) is 1. The monoisotopic (exact) mass is 297 g/mol. The highest BCUT2D eigenvalue weighted by molar-refractivity contribution is 7.89. The van der Waals surface area contributed by atoms with Crippen LogP contribution in [0.2, 0.25) is 0 Å². The van der Waals surface area contributed by atoms with Crippen LogP contribution in [-0.4, -0.2) is 27.1 Å². The van der Waals surface area contributed by atoms with E-state index in [1.807, 2.05) is 0 Å². The van der Waals surface area contributed by atoms with Gasteiger partial charge in [0.2, 0.25) is 10.0 Å². The van der Waals surface area contributed by atoms with Gasteiger partial charge in [0.05, 0.1) is 4.90 Å². The van der Waals surface area contributed by atoms with E-state index in [1.165, 1.54) is 18.2 Å². The average Bonchev–Trinajstić information content (AvgIpc) is 2.75. The molecule has 1 fully saturated rings. The maximum Gasteiger partial charge on any atom is 0.317 e. The maximum absolute atomic E-state index is 12.1. The molecule has 7 heteroatoms. The topological polar surface area (TPSA) is 95.7 Å². The van der Waals surface area contributed by atoms with Gasteiger partial charge in [-0.3, -0.25) is 4.79 Å². The van der Waals surface area contributed by atoms with Gasteiger partial charge < -0.3 is 9.47 Å². The van der Waals surface area contributed by atoms with E-state index in [4.69, 9.17) is 14.6 Å². The molecule has 1 atom stereocenters. The van der Waals surface area contributed by atoms with Gasteiger partial charge in [0.1, 0.15) is 24.4 Å². The van der Waals surface area contributed by atoms with Crippen molar-refractivity contribution in [3.63, 3.8) is 0 Å². The van der Waals surface area contributed by atoms with Crippen molar-refractivity contribution in [1.82, 2.24) is 0 Å². The van der Waals surface area contributed by atoms with E-state index >= 15 is 0 Å². The normalized spacial score (nSPS) is 21.8. The van der Waals surface area contributed by atoms with Crippen molar-refractivity contribution in [2.24, 2.45) is 5.14 Å². The molecular formula is C13H15NO5S. The minimum Gasteiger partial charge on any atom is -0.492 e. The summed E-state index contributed by atoms with van der Waals surface area (Å²) >= 11 is 0. The summed E-state index contributed by atoms with van der Waals surface area (Å²) in [6.45, 7) is 0.176. The second kappa shape index (κ2) is 4.75. The fraction of sp³-hybridized carbons (Fsp3) is 0.462. The van der Waals surface area contributed by atoms with Gasteiger partial charge in [-0.1, -0.05) is 0 Å². The number of rotatable bonds is 3. The Bertz CT molecular complexity index is 651. The van der Waals surface area contributed by atoms with Crippen LogP contribution in [0.5, 0.6) is 5.75 Å². The van der Waals surface area contributed by atoms with Crippen molar-refractivity contribution in [2.75, 3.05) is 6.61 Å². The lowest BCUT2D eigenvalue weighted by molar-refractivity contribution is -0.155. The molecule has 1 aliphatic heterocycles. The number of hydrogen-bond acceptors (Lipinski definition) is 5. The molecule has 2 N–H and O–H groups in total. The summed E-state index contributed by atoms with van der Waals surface area (Å²) < 4.78 is 33.5. The van der Waals surface area contributed by atoms with E-state index in [0.29, 0.717) is 11.3 Å². The summed E-state index contributed by atoms with van der Waals surface area (Å²) in [5.41, 5.74) is 0.529. The maximum atomic E-state index is 12.1. The standard InChI is InChI=1S/C13H15NO5S/c14-20(16,17)9-4-5-12-10(6-9)11(7-18-12)13(15)19-8-2-1-3-8/h4-6,8,11H,1-3,7H2,(H2,14,16,17). The Morgan fingerprint density at radius 3 is 2.70 bits per heavy atom. The van der Waals surface area contributed by atoms with Crippen LogP contribution in [0.4, 0.5) is 0 Å². The Labute approximate surface area is 116 Å². The number of carbonyl (C=O) groups is 1. The minimum atomic E-state index is -3.80. The Morgan fingerprint density at radius 2 is 2.10 bits per heavy atom. The summed E-state index contributed by atoms with van der Waals surface area (Å²) in [6.07, 6.45) is 2.85. The van der Waals surface area contributed by atoms with Gasteiger partial charge in [-0.15, -0.1) is 0 Å². The quantitative estimate of drug-likeness (QED) is 0.836. The minimum absolute atomic E-state index is 0.00651. The third-order valence-corrected chi connectivity index (χ3v) is 4.62. The highest BCUT2D eigenvalue weighted by Gasteiger charge is 2.35. The zero-order valence-corrected chi connectivity index (χ0v) is 11.6. The third kappa shape index (κ3) is 2.38. The predicted molar refractivity (Wildman–Crippen MR) is 69.8 cm³/mol. The van der Waals surface area contributed by atoms with Gasteiger partial charge in [0.25, 0.3) is 0 Å². The van der Waals surface area contributed by atoms with Crippen LogP contribution in [0.15, 0.2) is 23.1 Å². The lowest BCUT2D eigenvalue weighted by atomic mass is 9.95.